The standard InChI is InChI=1S/C11H21F3N2O/c1-7(2)4-9(6-15)10(17)16-8(3)5-11(12,13)14/h7-9H,4-6,15H2,1-3H3,(H,16,17). The molecule has 17 heavy (non-hydrogen) atoms. The van der Waals surface area contributed by atoms with Gasteiger partial charge in [0.15, 0.2) is 0 Å². The Hall–Kier alpha value is -0.780. The van der Waals surface area contributed by atoms with Gasteiger partial charge >= 0.3 is 6.18 Å². The van der Waals surface area contributed by atoms with Crippen LogP contribution < -0.4 is 11.1 Å². The first kappa shape index (κ1) is 16.2. The second kappa shape index (κ2) is 6.83. The molecule has 2 atom stereocenters. The molecule has 0 aromatic heterocycles. The molecule has 3 N–H and O–H groups in total. The predicted octanol–water partition coefficient (Wildman–Crippen LogP) is 2.06. The average molecular weight is 254 g/mol. The van der Waals surface area contributed by atoms with Crippen molar-refractivity contribution in [1.82, 2.24) is 5.32 Å². The maximum atomic E-state index is 12.1. The molecule has 0 aliphatic heterocycles. The Morgan fingerprint density at radius 1 is 1.29 bits per heavy atom. The van der Waals surface area contributed by atoms with Crippen molar-refractivity contribution in [3.05, 3.63) is 0 Å². The fraction of sp³-hybridized carbons (Fsp3) is 0.909. The molecule has 6 heteroatoms. The molecule has 0 rings (SSSR count). The number of halogens is 3. The SMILES string of the molecule is CC(C)CC(CN)C(=O)NC(C)CC(F)(F)F. The van der Waals surface area contributed by atoms with Crippen molar-refractivity contribution in [3.8, 4) is 0 Å². The molecule has 1 amide bonds. The molecule has 0 aromatic rings. The van der Waals surface area contributed by atoms with Gasteiger partial charge in [0, 0.05) is 12.6 Å². The summed E-state index contributed by atoms with van der Waals surface area (Å²) in [4.78, 5) is 11.6. The molecule has 0 aromatic carbocycles. The number of nitrogens with two attached hydrogens (primary N) is 1. The minimum atomic E-state index is -4.26. The minimum Gasteiger partial charge on any atom is -0.353 e. The first-order valence-corrected chi connectivity index (χ1v) is 5.73. The summed E-state index contributed by atoms with van der Waals surface area (Å²) in [6.07, 6.45) is -4.69. The van der Waals surface area contributed by atoms with Crippen LogP contribution in [0.1, 0.15) is 33.6 Å². The van der Waals surface area contributed by atoms with Crippen molar-refractivity contribution >= 4 is 5.91 Å². The lowest BCUT2D eigenvalue weighted by Crippen LogP contribution is -2.42. The van der Waals surface area contributed by atoms with Crippen LogP contribution in [0, 0.1) is 11.8 Å². The van der Waals surface area contributed by atoms with E-state index >= 15 is 0 Å². The van der Waals surface area contributed by atoms with E-state index < -0.39 is 30.5 Å². The number of alkyl halides is 3. The molecular formula is C11H21F3N2O. The molecular weight excluding hydrogens is 233 g/mol. The van der Waals surface area contributed by atoms with E-state index in [1.54, 1.807) is 0 Å². The van der Waals surface area contributed by atoms with E-state index in [-0.39, 0.29) is 12.5 Å². The quantitative estimate of drug-likeness (QED) is 0.762. The van der Waals surface area contributed by atoms with Gasteiger partial charge in [0.2, 0.25) is 5.91 Å². The summed E-state index contributed by atoms with van der Waals surface area (Å²) in [5.41, 5.74) is 5.44. The molecule has 0 saturated carbocycles. The third kappa shape index (κ3) is 8.01. The molecule has 0 spiro atoms. The lowest BCUT2D eigenvalue weighted by atomic mass is 9.96. The van der Waals surface area contributed by atoms with E-state index in [0.717, 1.165) is 0 Å². The van der Waals surface area contributed by atoms with Gasteiger partial charge in [0.05, 0.1) is 12.3 Å². The van der Waals surface area contributed by atoms with Crippen LogP contribution in [-0.4, -0.2) is 24.7 Å². The first-order valence-electron chi connectivity index (χ1n) is 5.73. The Labute approximate surface area is 99.9 Å². The highest BCUT2D eigenvalue weighted by atomic mass is 19.4. The van der Waals surface area contributed by atoms with Gasteiger partial charge in [0.1, 0.15) is 0 Å². The Morgan fingerprint density at radius 3 is 2.18 bits per heavy atom. The number of rotatable bonds is 6. The third-order valence-corrected chi connectivity index (χ3v) is 2.34. The Balaban J connectivity index is 4.22. The summed E-state index contributed by atoms with van der Waals surface area (Å²) in [5, 5.41) is 2.35. The summed E-state index contributed by atoms with van der Waals surface area (Å²) in [6, 6.07) is -0.913. The van der Waals surface area contributed by atoms with E-state index in [0.29, 0.717) is 6.42 Å². The molecule has 3 nitrogen and oxygen atoms in total. The van der Waals surface area contributed by atoms with Crippen molar-refractivity contribution in [1.29, 1.82) is 0 Å². The predicted molar refractivity (Wildman–Crippen MR) is 60.3 cm³/mol. The van der Waals surface area contributed by atoms with Crippen LogP contribution in [-0.2, 0) is 4.79 Å². The van der Waals surface area contributed by atoms with Gasteiger partial charge in [-0.15, -0.1) is 0 Å². The van der Waals surface area contributed by atoms with E-state index in [9.17, 15) is 18.0 Å². The molecule has 0 bridgehead atoms. The van der Waals surface area contributed by atoms with Gasteiger partial charge in [-0.3, -0.25) is 4.79 Å². The first-order chi connectivity index (χ1) is 7.65. The lowest BCUT2D eigenvalue weighted by molar-refractivity contribution is -0.142. The van der Waals surface area contributed by atoms with Gasteiger partial charge in [-0.25, -0.2) is 0 Å². The Bertz CT molecular complexity index is 241. The fourth-order valence-electron chi connectivity index (χ4n) is 1.64. The van der Waals surface area contributed by atoms with Crippen molar-refractivity contribution in [2.75, 3.05) is 6.54 Å². The lowest BCUT2D eigenvalue weighted by Gasteiger charge is -2.21. The van der Waals surface area contributed by atoms with Gasteiger partial charge in [-0.1, -0.05) is 13.8 Å². The van der Waals surface area contributed by atoms with Gasteiger partial charge in [0.25, 0.3) is 0 Å². The number of carbonyl (C=O) groups is 1. The zero-order chi connectivity index (χ0) is 13.6. The second-order valence-corrected chi connectivity index (χ2v) is 4.79. The largest absolute Gasteiger partial charge is 0.391 e. The third-order valence-electron chi connectivity index (χ3n) is 2.34. The second-order valence-electron chi connectivity index (χ2n) is 4.79. The van der Waals surface area contributed by atoms with Crippen LogP contribution in [0.5, 0.6) is 0 Å². The molecule has 0 heterocycles. The molecule has 0 aliphatic rings. The van der Waals surface area contributed by atoms with Crippen molar-refractivity contribution in [3.63, 3.8) is 0 Å². The monoisotopic (exact) mass is 254 g/mol. The summed E-state index contributed by atoms with van der Waals surface area (Å²) < 4.78 is 36.2. The molecule has 0 aliphatic carbocycles. The molecule has 2 unspecified atom stereocenters. The smallest absolute Gasteiger partial charge is 0.353 e. The molecule has 0 saturated heterocycles. The maximum absolute atomic E-state index is 12.1. The highest BCUT2D eigenvalue weighted by Gasteiger charge is 2.31. The van der Waals surface area contributed by atoms with Crippen molar-refractivity contribution < 1.29 is 18.0 Å². The minimum absolute atomic E-state index is 0.156. The van der Waals surface area contributed by atoms with E-state index in [4.69, 9.17) is 5.73 Å². The van der Waals surface area contributed by atoms with Crippen LogP contribution in [0.2, 0.25) is 0 Å². The molecule has 0 fully saturated rings. The highest BCUT2D eigenvalue weighted by Crippen LogP contribution is 2.21. The van der Waals surface area contributed by atoms with Crippen molar-refractivity contribution in [2.24, 2.45) is 17.6 Å². The number of hydrogen-bond acceptors (Lipinski definition) is 2. The van der Waals surface area contributed by atoms with Gasteiger partial charge in [-0.2, -0.15) is 13.2 Å². The zero-order valence-corrected chi connectivity index (χ0v) is 10.5. The number of hydrogen-bond donors (Lipinski definition) is 2. The average Bonchev–Trinajstić information content (AvgIpc) is 2.10. The fourth-order valence-corrected chi connectivity index (χ4v) is 1.64. The number of nitrogens with one attached hydrogen (secondary N) is 1. The van der Waals surface area contributed by atoms with Crippen LogP contribution >= 0.6 is 0 Å². The Kier molecular flexibility index (Phi) is 6.52. The van der Waals surface area contributed by atoms with E-state index in [2.05, 4.69) is 5.32 Å². The van der Waals surface area contributed by atoms with E-state index in [1.807, 2.05) is 13.8 Å². The van der Waals surface area contributed by atoms with Gasteiger partial charge < -0.3 is 11.1 Å². The van der Waals surface area contributed by atoms with Crippen molar-refractivity contribution in [2.45, 2.75) is 45.8 Å². The maximum Gasteiger partial charge on any atom is 0.391 e. The topological polar surface area (TPSA) is 55.1 Å². The molecule has 0 radical (unpaired) electrons. The van der Waals surface area contributed by atoms with E-state index in [1.165, 1.54) is 6.92 Å². The number of carbonyl (C=O) groups excluding carboxylic acids is 1. The summed E-state index contributed by atoms with van der Waals surface area (Å²) in [7, 11) is 0. The summed E-state index contributed by atoms with van der Waals surface area (Å²) in [6.45, 7) is 5.38. The summed E-state index contributed by atoms with van der Waals surface area (Å²) in [5.74, 6) is -0.518. The number of amides is 1. The normalized spacial score (nSPS) is 15.8. The zero-order valence-electron chi connectivity index (χ0n) is 10.5. The highest BCUT2D eigenvalue weighted by molar-refractivity contribution is 5.79. The van der Waals surface area contributed by atoms with Crippen LogP contribution in [0.25, 0.3) is 0 Å². The van der Waals surface area contributed by atoms with Crippen LogP contribution in [0.15, 0.2) is 0 Å². The van der Waals surface area contributed by atoms with Crippen LogP contribution in [0.4, 0.5) is 13.2 Å². The molecule has 102 valence electrons. The Morgan fingerprint density at radius 2 is 1.82 bits per heavy atom. The van der Waals surface area contributed by atoms with Crippen LogP contribution in [0.3, 0.4) is 0 Å². The summed E-state index contributed by atoms with van der Waals surface area (Å²) >= 11 is 0. The van der Waals surface area contributed by atoms with Gasteiger partial charge in [-0.05, 0) is 19.3 Å².